The van der Waals surface area contributed by atoms with E-state index in [2.05, 4.69) is 26.2 Å². The van der Waals surface area contributed by atoms with Crippen LogP contribution in [-0.2, 0) is 16.4 Å². The number of halogens is 1. The van der Waals surface area contributed by atoms with Gasteiger partial charge in [-0.25, -0.2) is 13.4 Å². The number of carbonyl (C=O) groups excluding carboxylic acids is 1. The molecule has 3 aromatic rings. The van der Waals surface area contributed by atoms with E-state index < -0.39 is 15.9 Å². The minimum absolute atomic E-state index is 0.0810. The Morgan fingerprint density at radius 1 is 1.14 bits per heavy atom. The summed E-state index contributed by atoms with van der Waals surface area (Å²) in [5.74, 6) is -0.0414. The van der Waals surface area contributed by atoms with Crippen LogP contribution in [-0.4, -0.2) is 25.4 Å². The second kappa shape index (κ2) is 7.61. The van der Waals surface area contributed by atoms with E-state index in [1.54, 1.807) is 30.5 Å². The Morgan fingerprint density at radius 2 is 1.93 bits per heavy atom. The number of carbonyl (C=O) groups is 1. The fraction of sp³-hybridized carbons (Fsp3) is 0.143. The fourth-order valence-corrected chi connectivity index (χ4v) is 5.43. The molecule has 0 spiro atoms. The smallest absolute Gasteiger partial charge is 0.264 e. The normalized spacial score (nSPS) is 15.8. The fourth-order valence-electron chi connectivity index (χ4n) is 3.45. The Hall–Kier alpha value is -2.71. The highest BCUT2D eigenvalue weighted by molar-refractivity contribution is 9.10. The first-order valence-corrected chi connectivity index (χ1v) is 11.2. The van der Waals surface area contributed by atoms with Gasteiger partial charge in [-0.2, -0.15) is 0 Å². The lowest BCUT2D eigenvalue weighted by atomic mass is 10.1. The Labute approximate surface area is 177 Å². The van der Waals surface area contributed by atoms with Crippen molar-refractivity contribution in [3.8, 4) is 0 Å². The molecule has 1 N–H and O–H groups in total. The first-order chi connectivity index (χ1) is 13.9. The number of para-hydroxylation sites is 1. The molecule has 1 aromatic heterocycles. The third-order valence-electron chi connectivity index (χ3n) is 4.77. The largest absolute Gasteiger partial charge is 0.307 e. The number of nitrogens with zero attached hydrogens (tertiary/aromatic N) is 2. The van der Waals surface area contributed by atoms with Gasteiger partial charge in [0.1, 0.15) is 5.82 Å². The van der Waals surface area contributed by atoms with E-state index in [4.69, 9.17) is 0 Å². The molecule has 2 heterocycles. The minimum Gasteiger partial charge on any atom is -0.307 e. The number of hydrogen-bond donors (Lipinski definition) is 1. The average Bonchev–Trinajstić information content (AvgIpc) is 3.06. The number of pyridine rings is 1. The van der Waals surface area contributed by atoms with Gasteiger partial charge >= 0.3 is 0 Å². The molecule has 1 atom stereocenters. The van der Waals surface area contributed by atoms with E-state index in [-0.39, 0.29) is 16.5 Å². The van der Waals surface area contributed by atoms with Crippen LogP contribution in [0.25, 0.3) is 0 Å². The molecule has 0 saturated carbocycles. The number of nitrogens with one attached hydrogen (secondary N) is 1. The maximum absolute atomic E-state index is 13.4. The van der Waals surface area contributed by atoms with Gasteiger partial charge in [-0.05, 0) is 71.2 Å². The van der Waals surface area contributed by atoms with Crippen LogP contribution in [0.1, 0.15) is 22.8 Å². The third kappa shape index (κ3) is 3.77. The minimum atomic E-state index is -3.80. The number of sulfonamides is 1. The molecule has 0 radical (unpaired) electrons. The van der Waals surface area contributed by atoms with Crippen molar-refractivity contribution in [2.24, 2.45) is 0 Å². The maximum atomic E-state index is 13.4. The van der Waals surface area contributed by atoms with Gasteiger partial charge in [0.05, 0.1) is 10.6 Å². The lowest BCUT2D eigenvalue weighted by Crippen LogP contribution is -2.35. The van der Waals surface area contributed by atoms with Crippen LogP contribution in [0, 0.1) is 0 Å². The third-order valence-corrected chi connectivity index (χ3v) is 7.16. The first kappa shape index (κ1) is 19.6. The molecule has 0 fully saturated rings. The Morgan fingerprint density at radius 3 is 2.69 bits per heavy atom. The molecule has 1 aliphatic rings. The van der Waals surface area contributed by atoms with E-state index in [1.165, 1.54) is 16.4 Å². The lowest BCUT2D eigenvalue weighted by Gasteiger charge is -2.24. The topological polar surface area (TPSA) is 79.4 Å². The molecule has 148 valence electrons. The van der Waals surface area contributed by atoms with Crippen molar-refractivity contribution in [3.63, 3.8) is 0 Å². The van der Waals surface area contributed by atoms with Crippen LogP contribution in [0.3, 0.4) is 0 Å². The summed E-state index contributed by atoms with van der Waals surface area (Å²) in [7, 11) is -3.80. The highest BCUT2D eigenvalue weighted by atomic mass is 79.9. The highest BCUT2D eigenvalue weighted by Crippen LogP contribution is 2.36. The Bertz CT molecular complexity index is 1180. The zero-order valence-corrected chi connectivity index (χ0v) is 17.9. The van der Waals surface area contributed by atoms with E-state index in [1.807, 2.05) is 31.2 Å². The molecule has 2 aromatic carbocycles. The van der Waals surface area contributed by atoms with Gasteiger partial charge in [-0.15, -0.1) is 0 Å². The molecule has 0 aliphatic carbocycles. The summed E-state index contributed by atoms with van der Waals surface area (Å²) >= 11 is 3.29. The zero-order chi connectivity index (χ0) is 20.6. The summed E-state index contributed by atoms with van der Waals surface area (Å²) < 4.78 is 28.9. The number of amides is 1. The molecule has 1 amide bonds. The molecule has 0 saturated heterocycles. The average molecular weight is 472 g/mol. The van der Waals surface area contributed by atoms with Crippen LogP contribution in [0.2, 0.25) is 0 Å². The van der Waals surface area contributed by atoms with Crippen LogP contribution in [0.5, 0.6) is 0 Å². The van der Waals surface area contributed by atoms with Crippen molar-refractivity contribution in [1.29, 1.82) is 0 Å². The lowest BCUT2D eigenvalue weighted by molar-refractivity contribution is 0.102. The standard InChI is InChI=1S/C21H18BrN3O3S/c1-14-11-15-5-2-3-8-19(15)25(14)29(27,28)18-7-4-6-16(12-18)21(26)24-20-10-9-17(22)13-23-20/h2-10,12-14H,11H2,1H3,(H,23,24,26). The van der Waals surface area contributed by atoms with Crippen molar-refractivity contribution in [3.05, 3.63) is 82.5 Å². The summed E-state index contributed by atoms with van der Waals surface area (Å²) in [6.45, 7) is 1.88. The number of benzene rings is 2. The Balaban J connectivity index is 1.64. The van der Waals surface area contributed by atoms with E-state index in [9.17, 15) is 13.2 Å². The monoisotopic (exact) mass is 471 g/mol. The van der Waals surface area contributed by atoms with Crippen LogP contribution < -0.4 is 9.62 Å². The maximum Gasteiger partial charge on any atom is 0.264 e. The molecular weight excluding hydrogens is 454 g/mol. The second-order valence-corrected chi connectivity index (χ2v) is 9.56. The summed E-state index contributed by atoms with van der Waals surface area (Å²) in [5.41, 5.74) is 1.93. The van der Waals surface area contributed by atoms with Gasteiger partial charge in [0.15, 0.2) is 0 Å². The molecule has 8 heteroatoms. The van der Waals surface area contributed by atoms with Crippen molar-refractivity contribution in [2.45, 2.75) is 24.3 Å². The number of anilines is 2. The van der Waals surface area contributed by atoms with Crippen LogP contribution >= 0.6 is 15.9 Å². The van der Waals surface area contributed by atoms with Crippen LogP contribution in [0.4, 0.5) is 11.5 Å². The molecule has 6 nitrogen and oxygen atoms in total. The Kier molecular flexibility index (Phi) is 5.14. The zero-order valence-electron chi connectivity index (χ0n) is 15.5. The summed E-state index contributed by atoms with van der Waals surface area (Å²) in [6.07, 6.45) is 2.23. The molecular formula is C21H18BrN3O3S. The summed E-state index contributed by atoms with van der Waals surface area (Å²) in [6, 6.07) is 16.8. The molecule has 29 heavy (non-hydrogen) atoms. The number of hydrogen-bond acceptors (Lipinski definition) is 4. The van der Waals surface area contributed by atoms with Crippen molar-refractivity contribution in [2.75, 3.05) is 9.62 Å². The molecule has 1 aliphatic heterocycles. The quantitative estimate of drug-likeness (QED) is 0.616. The first-order valence-electron chi connectivity index (χ1n) is 9.01. The SMILES string of the molecule is CC1Cc2ccccc2N1S(=O)(=O)c1cccc(C(=O)Nc2ccc(Br)cn2)c1. The van der Waals surface area contributed by atoms with Gasteiger partial charge < -0.3 is 5.32 Å². The number of aromatic nitrogens is 1. The van der Waals surface area contributed by atoms with Crippen molar-refractivity contribution >= 4 is 43.4 Å². The van der Waals surface area contributed by atoms with Gasteiger partial charge in [0.25, 0.3) is 15.9 Å². The number of fused-ring (bicyclic) bond motifs is 1. The molecule has 1 unspecified atom stereocenters. The molecule has 0 bridgehead atoms. The molecule has 4 rings (SSSR count). The van der Waals surface area contributed by atoms with E-state index in [0.717, 1.165) is 10.0 Å². The van der Waals surface area contributed by atoms with E-state index >= 15 is 0 Å². The van der Waals surface area contributed by atoms with E-state index in [0.29, 0.717) is 17.9 Å². The second-order valence-electron chi connectivity index (χ2n) is 6.83. The van der Waals surface area contributed by atoms with Gasteiger partial charge in [0.2, 0.25) is 0 Å². The van der Waals surface area contributed by atoms with Gasteiger partial charge in [-0.3, -0.25) is 9.10 Å². The van der Waals surface area contributed by atoms with Gasteiger partial charge in [-0.1, -0.05) is 24.3 Å². The summed E-state index contributed by atoms with van der Waals surface area (Å²) in [4.78, 5) is 16.8. The predicted octanol–water partition coefficient (Wildman–Crippen LogP) is 4.24. The van der Waals surface area contributed by atoms with Crippen molar-refractivity contribution in [1.82, 2.24) is 4.98 Å². The van der Waals surface area contributed by atoms with Crippen LogP contribution in [0.15, 0.2) is 76.2 Å². The highest BCUT2D eigenvalue weighted by Gasteiger charge is 2.36. The summed E-state index contributed by atoms with van der Waals surface area (Å²) in [5, 5.41) is 2.68. The number of rotatable bonds is 4. The predicted molar refractivity (Wildman–Crippen MR) is 116 cm³/mol. The van der Waals surface area contributed by atoms with Gasteiger partial charge in [0, 0.05) is 22.3 Å². The van der Waals surface area contributed by atoms with Crippen molar-refractivity contribution < 1.29 is 13.2 Å².